The lowest BCUT2D eigenvalue weighted by atomic mass is 10.0. The summed E-state index contributed by atoms with van der Waals surface area (Å²) in [5.74, 6) is 0. The molecule has 1 fully saturated rings. The molecule has 2 N–H and O–H groups in total. The number of piperidine rings is 1. The van der Waals surface area contributed by atoms with E-state index in [9.17, 15) is 4.79 Å². The van der Waals surface area contributed by atoms with Crippen molar-refractivity contribution in [3.63, 3.8) is 0 Å². The van der Waals surface area contributed by atoms with Gasteiger partial charge in [-0.2, -0.15) is 0 Å². The molecular formula is C19H25N3O2S. The Labute approximate surface area is 153 Å². The van der Waals surface area contributed by atoms with Crippen LogP contribution in [0.1, 0.15) is 32.3 Å². The molecule has 1 aromatic carbocycles. The third-order valence-electron chi connectivity index (χ3n) is 4.80. The van der Waals surface area contributed by atoms with Crippen molar-refractivity contribution in [1.29, 1.82) is 0 Å². The number of aryl methyl sites for hydroxylation is 1. The molecule has 134 valence electrons. The molecule has 0 aliphatic carbocycles. The van der Waals surface area contributed by atoms with Crippen LogP contribution in [0.25, 0.3) is 11.0 Å². The van der Waals surface area contributed by atoms with Gasteiger partial charge in [0.2, 0.25) is 0 Å². The normalized spacial score (nSPS) is 16.3. The lowest BCUT2D eigenvalue weighted by Gasteiger charge is -2.35. The van der Waals surface area contributed by atoms with Crippen molar-refractivity contribution >= 4 is 34.0 Å². The van der Waals surface area contributed by atoms with Gasteiger partial charge in [0.25, 0.3) is 0 Å². The Balaban J connectivity index is 1.62. The summed E-state index contributed by atoms with van der Waals surface area (Å²) in [6, 6.07) is 8.21. The van der Waals surface area contributed by atoms with Crippen LogP contribution in [-0.2, 0) is 0 Å². The van der Waals surface area contributed by atoms with E-state index in [0.29, 0.717) is 22.8 Å². The zero-order valence-electron chi connectivity index (χ0n) is 15.0. The Kier molecular flexibility index (Phi) is 5.39. The van der Waals surface area contributed by atoms with Gasteiger partial charge >= 0.3 is 5.63 Å². The topological polar surface area (TPSA) is 57.5 Å². The van der Waals surface area contributed by atoms with Gasteiger partial charge in [-0.25, -0.2) is 4.79 Å². The second-order valence-corrected chi connectivity index (χ2v) is 7.37. The van der Waals surface area contributed by atoms with Crippen molar-refractivity contribution in [2.75, 3.05) is 18.4 Å². The number of likely N-dealkylation sites (tertiary alicyclic amines) is 1. The zero-order valence-corrected chi connectivity index (χ0v) is 15.8. The summed E-state index contributed by atoms with van der Waals surface area (Å²) in [7, 11) is 0. The van der Waals surface area contributed by atoms with Crippen LogP contribution in [0, 0.1) is 6.92 Å². The Bertz CT molecular complexity index is 823. The largest absolute Gasteiger partial charge is 0.423 e. The molecule has 0 radical (unpaired) electrons. The molecule has 1 saturated heterocycles. The van der Waals surface area contributed by atoms with Crippen LogP contribution in [0.15, 0.2) is 33.5 Å². The van der Waals surface area contributed by atoms with Crippen LogP contribution in [0.3, 0.4) is 0 Å². The summed E-state index contributed by atoms with van der Waals surface area (Å²) in [5.41, 5.74) is 1.97. The van der Waals surface area contributed by atoms with E-state index in [1.54, 1.807) is 0 Å². The Morgan fingerprint density at radius 2 is 2.00 bits per heavy atom. The molecule has 25 heavy (non-hydrogen) atoms. The van der Waals surface area contributed by atoms with Crippen LogP contribution in [0.4, 0.5) is 5.69 Å². The van der Waals surface area contributed by atoms with Crippen LogP contribution in [0.5, 0.6) is 0 Å². The Morgan fingerprint density at radius 3 is 2.68 bits per heavy atom. The molecule has 0 bridgehead atoms. The average molecular weight is 359 g/mol. The number of nitrogens with one attached hydrogen (secondary N) is 2. The molecule has 2 aromatic rings. The Hall–Kier alpha value is -1.92. The van der Waals surface area contributed by atoms with Gasteiger partial charge in [0.1, 0.15) is 5.58 Å². The number of thiocarbonyl (C=S) groups is 1. The molecule has 0 unspecified atom stereocenters. The molecule has 0 atom stereocenters. The lowest BCUT2D eigenvalue weighted by molar-refractivity contribution is 0.168. The first-order valence-electron chi connectivity index (χ1n) is 8.78. The van der Waals surface area contributed by atoms with Crippen LogP contribution in [0.2, 0.25) is 0 Å². The predicted octanol–water partition coefficient (Wildman–Crippen LogP) is 3.26. The maximum atomic E-state index is 11.5. The SMILES string of the molecule is Cc1cc(=O)oc2cc(NC(=S)NC3CCN(C(C)C)CC3)ccc12. The highest BCUT2D eigenvalue weighted by atomic mass is 32.1. The minimum atomic E-state index is -0.334. The van der Waals surface area contributed by atoms with E-state index in [4.69, 9.17) is 16.6 Å². The molecule has 1 aliphatic heterocycles. The summed E-state index contributed by atoms with van der Waals surface area (Å²) in [5, 5.41) is 8.14. The summed E-state index contributed by atoms with van der Waals surface area (Å²) in [6.45, 7) is 8.57. The fourth-order valence-electron chi connectivity index (χ4n) is 3.32. The third-order valence-corrected chi connectivity index (χ3v) is 5.02. The molecule has 5 nitrogen and oxygen atoms in total. The second kappa shape index (κ2) is 7.54. The number of nitrogens with zero attached hydrogens (tertiary/aromatic N) is 1. The highest BCUT2D eigenvalue weighted by Crippen LogP contribution is 2.21. The maximum Gasteiger partial charge on any atom is 0.336 e. The van der Waals surface area contributed by atoms with E-state index in [-0.39, 0.29) is 5.63 Å². The first-order valence-corrected chi connectivity index (χ1v) is 9.19. The third kappa shape index (κ3) is 4.38. The number of benzene rings is 1. The van der Waals surface area contributed by atoms with Gasteiger partial charge in [-0.05, 0) is 63.5 Å². The Morgan fingerprint density at radius 1 is 1.28 bits per heavy atom. The van der Waals surface area contributed by atoms with Gasteiger partial charge in [0, 0.05) is 48.4 Å². The average Bonchev–Trinajstić information content (AvgIpc) is 2.54. The molecule has 0 spiro atoms. The standard InChI is InChI=1S/C19H25N3O2S/c1-12(2)22-8-6-14(7-9-22)20-19(25)21-15-4-5-16-13(3)10-18(23)24-17(16)11-15/h4-5,10-12,14H,6-9H2,1-3H3,(H2,20,21,25). The minimum Gasteiger partial charge on any atom is -0.423 e. The molecule has 3 rings (SSSR count). The fraction of sp³-hybridized carbons (Fsp3) is 0.474. The molecule has 1 aromatic heterocycles. The number of rotatable bonds is 3. The fourth-order valence-corrected chi connectivity index (χ4v) is 3.60. The summed E-state index contributed by atoms with van der Waals surface area (Å²) < 4.78 is 5.28. The van der Waals surface area contributed by atoms with E-state index in [0.717, 1.165) is 42.6 Å². The van der Waals surface area contributed by atoms with Crippen molar-refractivity contribution in [3.05, 3.63) is 40.2 Å². The molecule has 0 saturated carbocycles. The summed E-state index contributed by atoms with van der Waals surface area (Å²) in [6.07, 6.45) is 2.18. The maximum absolute atomic E-state index is 11.5. The van der Waals surface area contributed by atoms with Crippen LogP contribution >= 0.6 is 12.2 Å². The van der Waals surface area contributed by atoms with Gasteiger partial charge in [0.15, 0.2) is 5.11 Å². The number of anilines is 1. The minimum absolute atomic E-state index is 0.334. The van der Waals surface area contributed by atoms with Gasteiger partial charge < -0.3 is 20.0 Å². The van der Waals surface area contributed by atoms with Gasteiger partial charge in [-0.1, -0.05) is 0 Å². The monoisotopic (exact) mass is 359 g/mol. The van der Waals surface area contributed by atoms with Crippen molar-refractivity contribution in [2.45, 2.75) is 45.7 Å². The summed E-state index contributed by atoms with van der Waals surface area (Å²) in [4.78, 5) is 14.0. The van der Waals surface area contributed by atoms with E-state index >= 15 is 0 Å². The van der Waals surface area contributed by atoms with Crippen molar-refractivity contribution in [1.82, 2.24) is 10.2 Å². The van der Waals surface area contributed by atoms with Crippen LogP contribution in [-0.4, -0.2) is 35.2 Å². The van der Waals surface area contributed by atoms with E-state index < -0.39 is 0 Å². The number of fused-ring (bicyclic) bond motifs is 1. The van der Waals surface area contributed by atoms with Gasteiger partial charge in [0.05, 0.1) is 0 Å². The van der Waals surface area contributed by atoms with Gasteiger partial charge in [-0.3, -0.25) is 0 Å². The van der Waals surface area contributed by atoms with Crippen molar-refractivity contribution in [2.24, 2.45) is 0 Å². The van der Waals surface area contributed by atoms with E-state index in [2.05, 4.69) is 29.4 Å². The number of hydrogen-bond donors (Lipinski definition) is 2. The number of hydrogen-bond acceptors (Lipinski definition) is 4. The molecule has 1 aliphatic rings. The van der Waals surface area contributed by atoms with Crippen molar-refractivity contribution in [3.8, 4) is 0 Å². The zero-order chi connectivity index (χ0) is 18.0. The second-order valence-electron chi connectivity index (χ2n) is 6.96. The molecule has 2 heterocycles. The molecular weight excluding hydrogens is 334 g/mol. The van der Waals surface area contributed by atoms with E-state index in [1.165, 1.54) is 6.07 Å². The quantitative estimate of drug-likeness (QED) is 0.648. The van der Waals surface area contributed by atoms with Gasteiger partial charge in [-0.15, -0.1) is 0 Å². The molecule has 6 heteroatoms. The summed E-state index contributed by atoms with van der Waals surface area (Å²) >= 11 is 5.44. The predicted molar refractivity (Wildman–Crippen MR) is 106 cm³/mol. The smallest absolute Gasteiger partial charge is 0.336 e. The molecule has 0 amide bonds. The van der Waals surface area contributed by atoms with E-state index in [1.807, 2.05) is 25.1 Å². The van der Waals surface area contributed by atoms with Crippen molar-refractivity contribution < 1.29 is 4.42 Å². The lowest BCUT2D eigenvalue weighted by Crippen LogP contribution is -2.47. The van der Waals surface area contributed by atoms with Crippen LogP contribution < -0.4 is 16.3 Å². The first kappa shape index (κ1) is 17.9. The highest BCUT2D eigenvalue weighted by Gasteiger charge is 2.21. The highest BCUT2D eigenvalue weighted by molar-refractivity contribution is 7.80. The first-order chi connectivity index (χ1) is 11.9.